The number of hydrogen-bond donors (Lipinski definition) is 1. The summed E-state index contributed by atoms with van der Waals surface area (Å²) in [6.07, 6.45) is 5.61. The van der Waals surface area contributed by atoms with Gasteiger partial charge >= 0.3 is 0 Å². The van der Waals surface area contributed by atoms with E-state index in [1.165, 1.54) is 19.3 Å². The van der Waals surface area contributed by atoms with Crippen LogP contribution in [0.25, 0.3) is 0 Å². The van der Waals surface area contributed by atoms with Crippen LogP contribution in [0.1, 0.15) is 31.2 Å². The Labute approximate surface area is 131 Å². The highest BCUT2D eigenvalue weighted by Crippen LogP contribution is 2.35. The molecule has 0 radical (unpaired) electrons. The average Bonchev–Trinajstić information content (AvgIpc) is 2.54. The van der Waals surface area contributed by atoms with Gasteiger partial charge in [0.15, 0.2) is 0 Å². The van der Waals surface area contributed by atoms with Crippen LogP contribution in [0.2, 0.25) is 0 Å². The summed E-state index contributed by atoms with van der Waals surface area (Å²) < 4.78 is 0. The molecule has 0 spiro atoms. The minimum Gasteiger partial charge on any atom is -0.336 e. The Morgan fingerprint density at radius 2 is 2.05 bits per heavy atom. The quantitative estimate of drug-likeness (QED) is 0.933. The lowest BCUT2D eigenvalue weighted by atomic mass is 9.92. The van der Waals surface area contributed by atoms with Crippen LogP contribution in [0.3, 0.4) is 0 Å². The first kappa shape index (κ1) is 14.9. The maximum Gasteiger partial charge on any atom is 0.240 e. The minimum atomic E-state index is -0.405. The van der Waals surface area contributed by atoms with Crippen LogP contribution in [-0.2, 0) is 11.2 Å². The van der Waals surface area contributed by atoms with Gasteiger partial charge in [0.1, 0.15) is 0 Å². The SMILES string of the molecule is N[C@H](Cc1ccccc1)C(=O)N1CCS[C@H]2CCCC[C@H]21. The van der Waals surface area contributed by atoms with Gasteiger partial charge < -0.3 is 10.6 Å². The van der Waals surface area contributed by atoms with E-state index < -0.39 is 6.04 Å². The summed E-state index contributed by atoms with van der Waals surface area (Å²) in [5, 5.41) is 0.639. The van der Waals surface area contributed by atoms with Crippen molar-refractivity contribution in [1.29, 1.82) is 0 Å². The Morgan fingerprint density at radius 3 is 2.86 bits per heavy atom. The predicted molar refractivity (Wildman–Crippen MR) is 88.3 cm³/mol. The van der Waals surface area contributed by atoms with Crippen LogP contribution in [0.15, 0.2) is 30.3 Å². The molecule has 1 amide bonds. The van der Waals surface area contributed by atoms with Crippen molar-refractivity contribution in [2.24, 2.45) is 5.73 Å². The molecule has 0 aromatic heterocycles. The molecule has 1 saturated carbocycles. The van der Waals surface area contributed by atoms with E-state index in [2.05, 4.69) is 4.90 Å². The summed E-state index contributed by atoms with van der Waals surface area (Å²) >= 11 is 2.05. The third-order valence-corrected chi connectivity index (χ3v) is 6.03. The molecule has 0 unspecified atom stereocenters. The van der Waals surface area contributed by atoms with E-state index in [9.17, 15) is 4.79 Å². The molecule has 2 N–H and O–H groups in total. The van der Waals surface area contributed by atoms with Crippen LogP contribution >= 0.6 is 11.8 Å². The van der Waals surface area contributed by atoms with Gasteiger partial charge in [-0.3, -0.25) is 4.79 Å². The Morgan fingerprint density at radius 1 is 1.29 bits per heavy atom. The molecule has 0 bridgehead atoms. The topological polar surface area (TPSA) is 46.3 Å². The summed E-state index contributed by atoms with van der Waals surface area (Å²) in [7, 11) is 0. The fraction of sp³-hybridized carbons (Fsp3) is 0.588. The van der Waals surface area contributed by atoms with E-state index >= 15 is 0 Å². The van der Waals surface area contributed by atoms with Crippen molar-refractivity contribution < 1.29 is 4.79 Å². The molecule has 3 atom stereocenters. The number of amides is 1. The number of carbonyl (C=O) groups is 1. The molecule has 1 heterocycles. The lowest BCUT2D eigenvalue weighted by Gasteiger charge is -2.44. The summed E-state index contributed by atoms with van der Waals surface area (Å²) in [5.74, 6) is 1.21. The third kappa shape index (κ3) is 3.43. The van der Waals surface area contributed by atoms with Crippen molar-refractivity contribution in [2.45, 2.75) is 49.4 Å². The second-order valence-corrected chi connectivity index (χ2v) is 7.44. The maximum atomic E-state index is 12.7. The van der Waals surface area contributed by atoms with E-state index in [1.807, 2.05) is 42.1 Å². The molecule has 21 heavy (non-hydrogen) atoms. The first-order chi connectivity index (χ1) is 10.3. The molecule has 2 fully saturated rings. The van der Waals surface area contributed by atoms with Crippen LogP contribution in [0.4, 0.5) is 0 Å². The molecule has 1 saturated heterocycles. The average molecular weight is 304 g/mol. The molecule has 114 valence electrons. The van der Waals surface area contributed by atoms with Crippen molar-refractivity contribution in [3.05, 3.63) is 35.9 Å². The van der Waals surface area contributed by atoms with Gasteiger partial charge in [0.25, 0.3) is 0 Å². The fourth-order valence-electron chi connectivity index (χ4n) is 3.54. The second kappa shape index (κ2) is 6.84. The Bertz CT molecular complexity index is 477. The minimum absolute atomic E-state index is 0.149. The van der Waals surface area contributed by atoms with Gasteiger partial charge in [-0.25, -0.2) is 0 Å². The number of nitrogens with two attached hydrogens (primary N) is 1. The molecular formula is C17H24N2OS. The van der Waals surface area contributed by atoms with Gasteiger partial charge in [0.2, 0.25) is 5.91 Å². The number of thioether (sulfide) groups is 1. The van der Waals surface area contributed by atoms with Crippen LogP contribution in [-0.4, -0.2) is 40.4 Å². The zero-order valence-corrected chi connectivity index (χ0v) is 13.2. The summed E-state index contributed by atoms with van der Waals surface area (Å²) in [5.41, 5.74) is 7.35. The molecule has 1 aromatic rings. The van der Waals surface area contributed by atoms with Crippen molar-refractivity contribution in [1.82, 2.24) is 4.90 Å². The van der Waals surface area contributed by atoms with Crippen molar-refractivity contribution in [3.8, 4) is 0 Å². The Balaban J connectivity index is 1.65. The van der Waals surface area contributed by atoms with Crippen LogP contribution < -0.4 is 5.73 Å². The lowest BCUT2D eigenvalue weighted by molar-refractivity contribution is -0.135. The second-order valence-electron chi connectivity index (χ2n) is 6.09. The van der Waals surface area contributed by atoms with Crippen molar-refractivity contribution in [3.63, 3.8) is 0 Å². The van der Waals surface area contributed by atoms with E-state index in [0.29, 0.717) is 17.7 Å². The van der Waals surface area contributed by atoms with Crippen LogP contribution in [0.5, 0.6) is 0 Å². The Kier molecular flexibility index (Phi) is 4.86. The summed E-state index contributed by atoms with van der Waals surface area (Å²) in [6, 6.07) is 10.1. The zero-order valence-electron chi connectivity index (χ0n) is 12.4. The van der Waals surface area contributed by atoms with Gasteiger partial charge in [-0.1, -0.05) is 43.2 Å². The smallest absolute Gasteiger partial charge is 0.240 e. The molecule has 1 aliphatic heterocycles. The normalized spacial score (nSPS) is 27.0. The van der Waals surface area contributed by atoms with Gasteiger partial charge in [-0.15, -0.1) is 0 Å². The molecule has 4 heteroatoms. The van der Waals surface area contributed by atoms with Crippen LogP contribution in [0, 0.1) is 0 Å². The van der Waals surface area contributed by atoms with E-state index in [4.69, 9.17) is 5.73 Å². The van der Waals surface area contributed by atoms with Crippen molar-refractivity contribution >= 4 is 17.7 Å². The molecule has 1 aromatic carbocycles. The molecule has 3 nitrogen and oxygen atoms in total. The first-order valence-electron chi connectivity index (χ1n) is 7.97. The molecule has 1 aliphatic carbocycles. The third-order valence-electron chi connectivity index (χ3n) is 4.63. The molecule has 2 aliphatic rings. The summed E-state index contributed by atoms with van der Waals surface area (Å²) in [4.78, 5) is 14.8. The van der Waals surface area contributed by atoms with E-state index in [0.717, 1.165) is 24.3 Å². The number of benzene rings is 1. The maximum absolute atomic E-state index is 12.7. The van der Waals surface area contributed by atoms with Gasteiger partial charge in [0.05, 0.1) is 6.04 Å². The van der Waals surface area contributed by atoms with Crippen molar-refractivity contribution in [2.75, 3.05) is 12.3 Å². The monoisotopic (exact) mass is 304 g/mol. The van der Waals surface area contributed by atoms with E-state index in [1.54, 1.807) is 0 Å². The zero-order chi connectivity index (χ0) is 14.7. The predicted octanol–water partition coefficient (Wildman–Crippen LogP) is 2.44. The number of nitrogens with zero attached hydrogens (tertiary/aromatic N) is 1. The summed E-state index contributed by atoms with van der Waals surface area (Å²) in [6.45, 7) is 0.868. The lowest BCUT2D eigenvalue weighted by Crippen LogP contribution is -2.56. The fourth-order valence-corrected chi connectivity index (χ4v) is 4.98. The highest BCUT2D eigenvalue weighted by molar-refractivity contribution is 8.00. The molecule has 3 rings (SSSR count). The van der Waals surface area contributed by atoms with Gasteiger partial charge in [0, 0.05) is 23.6 Å². The number of hydrogen-bond acceptors (Lipinski definition) is 3. The highest BCUT2D eigenvalue weighted by atomic mass is 32.2. The number of carbonyl (C=O) groups excluding carboxylic acids is 1. The number of fused-ring (bicyclic) bond motifs is 1. The largest absolute Gasteiger partial charge is 0.336 e. The van der Waals surface area contributed by atoms with Gasteiger partial charge in [-0.2, -0.15) is 11.8 Å². The van der Waals surface area contributed by atoms with Gasteiger partial charge in [-0.05, 0) is 24.8 Å². The standard InChI is InChI=1S/C17H24N2OS/c18-14(12-13-6-2-1-3-7-13)17(20)19-10-11-21-16-9-5-4-8-15(16)19/h1-3,6-7,14-16H,4-5,8-12,18H2/t14-,15-,16+/m1/s1. The first-order valence-corrected chi connectivity index (χ1v) is 9.02. The highest BCUT2D eigenvalue weighted by Gasteiger charge is 2.37. The number of rotatable bonds is 3. The molecular weight excluding hydrogens is 280 g/mol. The van der Waals surface area contributed by atoms with E-state index in [-0.39, 0.29) is 5.91 Å². The Hall–Kier alpha value is -1.00.